The summed E-state index contributed by atoms with van der Waals surface area (Å²) >= 11 is 0. The number of carbonyl (C=O) groups excluding carboxylic acids is 1. The zero-order valence-electron chi connectivity index (χ0n) is 12.1. The van der Waals surface area contributed by atoms with Crippen molar-refractivity contribution in [2.24, 2.45) is 7.05 Å². The van der Waals surface area contributed by atoms with Crippen LogP contribution in [0, 0.1) is 5.82 Å². The molecule has 22 heavy (non-hydrogen) atoms. The lowest BCUT2D eigenvalue weighted by molar-refractivity contribution is 0.0690. The molecule has 0 bridgehead atoms. The van der Waals surface area contributed by atoms with Crippen LogP contribution in [0.5, 0.6) is 0 Å². The van der Waals surface area contributed by atoms with Crippen molar-refractivity contribution in [3.05, 3.63) is 47.3 Å². The Hall–Kier alpha value is -2.77. The molecular formula is C14H15FN4O3. The van der Waals surface area contributed by atoms with Gasteiger partial charge >= 0.3 is 5.97 Å². The summed E-state index contributed by atoms with van der Waals surface area (Å²) in [5.74, 6) is -2.62. The molecule has 0 radical (unpaired) electrons. The number of carboxylic acids is 1. The number of nitrogens with one attached hydrogen (secondary N) is 1. The van der Waals surface area contributed by atoms with Crippen molar-refractivity contribution in [3.63, 3.8) is 0 Å². The Bertz CT molecular complexity index is 714. The standard InChI is InChI=1S/C14H15FN4O3/c1-8(11-10(15)4-3-5-16-11)6-17-13(20)12-9(14(21)22)7-18-19(12)2/h3-5,7-8H,6H2,1-2H3,(H,17,20)(H,21,22). The molecule has 2 aromatic heterocycles. The van der Waals surface area contributed by atoms with Gasteiger partial charge in [-0.2, -0.15) is 5.10 Å². The molecule has 0 saturated heterocycles. The van der Waals surface area contributed by atoms with E-state index in [0.29, 0.717) is 0 Å². The number of aryl methyl sites for hydroxylation is 1. The van der Waals surface area contributed by atoms with E-state index in [4.69, 9.17) is 5.11 Å². The second-order valence-electron chi connectivity index (χ2n) is 4.82. The SMILES string of the molecule is CC(CNC(=O)c1c(C(=O)O)cnn1C)c1ncccc1F. The molecule has 0 aliphatic carbocycles. The van der Waals surface area contributed by atoms with Gasteiger partial charge in [0.2, 0.25) is 0 Å². The van der Waals surface area contributed by atoms with Crippen LogP contribution in [0.4, 0.5) is 4.39 Å². The number of hydrogen-bond donors (Lipinski definition) is 2. The van der Waals surface area contributed by atoms with E-state index in [1.165, 1.54) is 30.1 Å². The Morgan fingerprint density at radius 2 is 2.23 bits per heavy atom. The number of nitrogens with zero attached hydrogens (tertiary/aromatic N) is 3. The van der Waals surface area contributed by atoms with E-state index in [2.05, 4.69) is 15.4 Å². The normalized spacial score (nSPS) is 12.0. The van der Waals surface area contributed by atoms with Crippen molar-refractivity contribution in [3.8, 4) is 0 Å². The van der Waals surface area contributed by atoms with Crippen LogP contribution < -0.4 is 5.32 Å². The molecule has 0 aromatic carbocycles. The quantitative estimate of drug-likeness (QED) is 0.864. The third kappa shape index (κ3) is 3.11. The molecular weight excluding hydrogens is 291 g/mol. The minimum Gasteiger partial charge on any atom is -0.478 e. The van der Waals surface area contributed by atoms with Crippen LogP contribution >= 0.6 is 0 Å². The Labute approximate surface area is 125 Å². The lowest BCUT2D eigenvalue weighted by Gasteiger charge is -2.13. The number of pyridine rings is 1. The average molecular weight is 306 g/mol. The minimum absolute atomic E-state index is 0.0545. The number of rotatable bonds is 5. The second-order valence-corrected chi connectivity index (χ2v) is 4.82. The van der Waals surface area contributed by atoms with Gasteiger partial charge in [0.25, 0.3) is 5.91 Å². The predicted molar refractivity (Wildman–Crippen MR) is 75.1 cm³/mol. The number of aromatic nitrogens is 3. The van der Waals surface area contributed by atoms with Gasteiger partial charge in [-0.1, -0.05) is 6.92 Å². The maximum atomic E-state index is 13.6. The number of carbonyl (C=O) groups is 2. The van der Waals surface area contributed by atoms with Crippen LogP contribution in [0.15, 0.2) is 24.5 Å². The molecule has 2 N–H and O–H groups in total. The lowest BCUT2D eigenvalue weighted by Crippen LogP contribution is -2.31. The van der Waals surface area contributed by atoms with Crippen molar-refractivity contribution in [1.82, 2.24) is 20.1 Å². The van der Waals surface area contributed by atoms with Gasteiger partial charge in [-0.25, -0.2) is 9.18 Å². The van der Waals surface area contributed by atoms with E-state index in [-0.39, 0.29) is 29.4 Å². The first-order valence-corrected chi connectivity index (χ1v) is 6.55. The van der Waals surface area contributed by atoms with E-state index < -0.39 is 17.7 Å². The summed E-state index contributed by atoms with van der Waals surface area (Å²) in [4.78, 5) is 27.1. The highest BCUT2D eigenvalue weighted by Crippen LogP contribution is 2.15. The molecule has 2 heterocycles. The predicted octanol–water partition coefficient (Wildman–Crippen LogP) is 1.19. The second kappa shape index (κ2) is 6.33. The first-order chi connectivity index (χ1) is 10.4. The third-order valence-electron chi connectivity index (χ3n) is 3.21. The highest BCUT2D eigenvalue weighted by atomic mass is 19.1. The van der Waals surface area contributed by atoms with Crippen LogP contribution in [0.2, 0.25) is 0 Å². The van der Waals surface area contributed by atoms with Crippen LogP contribution in [-0.2, 0) is 7.05 Å². The van der Waals surface area contributed by atoms with Crippen LogP contribution in [0.1, 0.15) is 39.4 Å². The third-order valence-corrected chi connectivity index (χ3v) is 3.21. The number of amides is 1. The van der Waals surface area contributed by atoms with Gasteiger partial charge in [0, 0.05) is 25.7 Å². The Morgan fingerprint density at radius 1 is 1.50 bits per heavy atom. The van der Waals surface area contributed by atoms with E-state index >= 15 is 0 Å². The fourth-order valence-electron chi connectivity index (χ4n) is 2.05. The van der Waals surface area contributed by atoms with Gasteiger partial charge in [-0.3, -0.25) is 14.5 Å². The number of aromatic carboxylic acids is 1. The van der Waals surface area contributed by atoms with Gasteiger partial charge in [0.1, 0.15) is 17.1 Å². The first-order valence-electron chi connectivity index (χ1n) is 6.55. The molecule has 0 fully saturated rings. The molecule has 0 aliphatic heterocycles. The van der Waals surface area contributed by atoms with Crippen LogP contribution in [0.25, 0.3) is 0 Å². The van der Waals surface area contributed by atoms with Crippen LogP contribution in [-0.4, -0.2) is 38.3 Å². The van der Waals surface area contributed by atoms with Crippen LogP contribution in [0.3, 0.4) is 0 Å². The first kappa shape index (κ1) is 15.6. The summed E-state index contributed by atoms with van der Waals surface area (Å²) in [6.45, 7) is 1.84. The van der Waals surface area contributed by atoms with Crippen molar-refractivity contribution < 1.29 is 19.1 Å². The van der Waals surface area contributed by atoms with Crippen molar-refractivity contribution >= 4 is 11.9 Å². The van der Waals surface area contributed by atoms with Crippen molar-refractivity contribution in [2.45, 2.75) is 12.8 Å². The number of carboxylic acid groups (broad SMARTS) is 1. The van der Waals surface area contributed by atoms with Gasteiger partial charge in [-0.05, 0) is 12.1 Å². The molecule has 0 saturated carbocycles. The molecule has 7 nitrogen and oxygen atoms in total. The maximum absolute atomic E-state index is 13.6. The zero-order chi connectivity index (χ0) is 16.3. The Morgan fingerprint density at radius 3 is 2.86 bits per heavy atom. The molecule has 0 aliphatic rings. The monoisotopic (exact) mass is 306 g/mol. The molecule has 0 spiro atoms. The summed E-state index contributed by atoms with van der Waals surface area (Å²) in [6.07, 6.45) is 2.58. The van der Waals surface area contributed by atoms with E-state index in [9.17, 15) is 14.0 Å². The Balaban J connectivity index is 2.09. The molecule has 1 amide bonds. The molecule has 2 aromatic rings. The van der Waals surface area contributed by atoms with Crippen molar-refractivity contribution in [1.29, 1.82) is 0 Å². The lowest BCUT2D eigenvalue weighted by atomic mass is 10.1. The summed E-state index contributed by atoms with van der Waals surface area (Å²) < 4.78 is 14.8. The zero-order valence-corrected chi connectivity index (χ0v) is 12.1. The molecule has 116 valence electrons. The summed E-state index contributed by atoms with van der Waals surface area (Å²) in [6, 6.07) is 2.78. The van der Waals surface area contributed by atoms with Gasteiger partial charge in [-0.15, -0.1) is 0 Å². The fraction of sp³-hybridized carbons (Fsp3) is 0.286. The van der Waals surface area contributed by atoms with Gasteiger partial charge in [0.15, 0.2) is 0 Å². The average Bonchev–Trinajstić information content (AvgIpc) is 2.87. The smallest absolute Gasteiger partial charge is 0.339 e. The van der Waals surface area contributed by atoms with Crippen molar-refractivity contribution in [2.75, 3.05) is 6.54 Å². The molecule has 1 atom stereocenters. The van der Waals surface area contributed by atoms with E-state index in [1.54, 1.807) is 6.92 Å². The minimum atomic E-state index is -1.23. The molecule has 1 unspecified atom stereocenters. The topological polar surface area (TPSA) is 97.1 Å². The largest absolute Gasteiger partial charge is 0.478 e. The summed E-state index contributed by atoms with van der Waals surface area (Å²) in [5, 5.41) is 15.4. The van der Waals surface area contributed by atoms with Gasteiger partial charge < -0.3 is 10.4 Å². The number of halogens is 1. The van der Waals surface area contributed by atoms with Gasteiger partial charge in [0.05, 0.1) is 11.9 Å². The fourth-order valence-corrected chi connectivity index (χ4v) is 2.05. The summed E-state index contributed by atoms with van der Waals surface area (Å²) in [7, 11) is 1.48. The Kier molecular flexibility index (Phi) is 4.50. The van der Waals surface area contributed by atoms with E-state index in [1.807, 2.05) is 0 Å². The number of hydrogen-bond acceptors (Lipinski definition) is 4. The highest BCUT2D eigenvalue weighted by Gasteiger charge is 2.22. The molecule has 2 rings (SSSR count). The maximum Gasteiger partial charge on any atom is 0.339 e. The summed E-state index contributed by atoms with van der Waals surface area (Å²) in [5.41, 5.74) is 0.00382. The molecule has 8 heteroatoms. The van der Waals surface area contributed by atoms with E-state index in [0.717, 1.165) is 6.20 Å². The highest BCUT2D eigenvalue weighted by molar-refractivity contribution is 6.03.